The van der Waals surface area contributed by atoms with Crippen LogP contribution in [-0.4, -0.2) is 30.1 Å². The molecule has 0 saturated carbocycles. The Kier molecular flexibility index (Phi) is 4.35. The first kappa shape index (κ1) is 14.9. The molecule has 0 atom stereocenters. The summed E-state index contributed by atoms with van der Waals surface area (Å²) in [5.74, 6) is -0.346. The first-order chi connectivity index (χ1) is 9.40. The number of hydrogen-bond donors (Lipinski definition) is 3. The van der Waals surface area contributed by atoms with Gasteiger partial charge in [-0.05, 0) is 28.1 Å². The van der Waals surface area contributed by atoms with Crippen LogP contribution in [0.2, 0.25) is 0 Å². The highest BCUT2D eigenvalue weighted by atomic mass is 79.9. The van der Waals surface area contributed by atoms with Crippen molar-refractivity contribution in [1.29, 1.82) is 0 Å². The molecule has 2 rings (SSSR count). The van der Waals surface area contributed by atoms with Crippen LogP contribution in [0.5, 0.6) is 0 Å². The third kappa shape index (κ3) is 3.32. The van der Waals surface area contributed by atoms with Crippen molar-refractivity contribution in [2.45, 2.75) is 11.3 Å². The number of nitrogen functional groups attached to an aromatic ring is 1. The number of benzene rings is 1. The first-order valence-electron chi connectivity index (χ1n) is 5.48. The lowest BCUT2D eigenvalue weighted by molar-refractivity contribution is 0.556. The van der Waals surface area contributed by atoms with Crippen LogP contribution in [0.25, 0.3) is 0 Å². The summed E-state index contributed by atoms with van der Waals surface area (Å²) in [6.45, 7) is 0.0624. The van der Waals surface area contributed by atoms with Crippen molar-refractivity contribution in [3.8, 4) is 0 Å². The largest absolute Gasteiger partial charge is 0.398 e. The van der Waals surface area contributed by atoms with Gasteiger partial charge in [0.05, 0.1) is 0 Å². The molecule has 0 unspecified atom stereocenters. The summed E-state index contributed by atoms with van der Waals surface area (Å²) in [7, 11) is -3.97. The normalized spacial score (nSPS) is 11.7. The number of nitrogens with one attached hydrogen (secondary N) is 2. The Labute approximate surface area is 123 Å². The molecule has 10 heteroatoms. The predicted molar refractivity (Wildman–Crippen MR) is 73.8 cm³/mol. The first-order valence-corrected chi connectivity index (χ1v) is 7.76. The maximum Gasteiger partial charge on any atom is 0.243 e. The molecular weight excluding hydrogens is 353 g/mol. The van der Waals surface area contributed by atoms with Crippen molar-refractivity contribution in [3.05, 3.63) is 34.6 Å². The molecule has 1 aromatic heterocycles. The van der Waals surface area contributed by atoms with Crippen molar-refractivity contribution in [2.75, 3.05) is 12.3 Å². The molecule has 0 spiro atoms. The van der Waals surface area contributed by atoms with Crippen molar-refractivity contribution in [2.24, 2.45) is 0 Å². The van der Waals surface area contributed by atoms with Gasteiger partial charge in [0.1, 0.15) is 22.9 Å². The highest BCUT2D eigenvalue weighted by Gasteiger charge is 2.20. The summed E-state index contributed by atoms with van der Waals surface area (Å²) in [4.78, 5) is 3.36. The van der Waals surface area contributed by atoms with Crippen LogP contribution in [0.15, 0.2) is 27.8 Å². The van der Waals surface area contributed by atoms with E-state index in [0.717, 1.165) is 12.1 Å². The van der Waals surface area contributed by atoms with Crippen LogP contribution < -0.4 is 10.5 Å². The van der Waals surface area contributed by atoms with Gasteiger partial charge < -0.3 is 5.73 Å². The van der Waals surface area contributed by atoms with Crippen LogP contribution in [0.4, 0.5) is 10.1 Å². The Morgan fingerprint density at radius 1 is 1.45 bits per heavy atom. The third-order valence-electron chi connectivity index (χ3n) is 2.46. The standard InChI is InChI=1S/C10H11BrFN5O2S/c11-6-3-7(12)9(4-8(6)13)20(18,19)16-2-1-10-14-5-15-17-10/h3-5,16H,1-2,13H2,(H,14,15,17). The monoisotopic (exact) mass is 363 g/mol. The zero-order valence-electron chi connectivity index (χ0n) is 10.1. The van der Waals surface area contributed by atoms with E-state index >= 15 is 0 Å². The van der Waals surface area contributed by atoms with E-state index in [1.165, 1.54) is 6.33 Å². The van der Waals surface area contributed by atoms with Gasteiger partial charge in [-0.1, -0.05) is 0 Å². The zero-order valence-corrected chi connectivity index (χ0v) is 12.5. The van der Waals surface area contributed by atoms with Crippen LogP contribution in [0.1, 0.15) is 5.82 Å². The average molecular weight is 364 g/mol. The summed E-state index contributed by atoms with van der Waals surface area (Å²) in [6.07, 6.45) is 1.63. The maximum absolute atomic E-state index is 13.7. The lowest BCUT2D eigenvalue weighted by atomic mass is 10.3. The molecular formula is C10H11BrFN5O2S. The molecule has 0 bridgehead atoms. The molecule has 0 saturated heterocycles. The molecule has 0 radical (unpaired) electrons. The number of sulfonamides is 1. The van der Waals surface area contributed by atoms with Gasteiger partial charge in [0, 0.05) is 23.1 Å². The quantitative estimate of drug-likeness (QED) is 0.680. The Balaban J connectivity index is 2.12. The fraction of sp³-hybridized carbons (Fsp3) is 0.200. The molecule has 2 aromatic rings. The van der Waals surface area contributed by atoms with Gasteiger partial charge in [-0.2, -0.15) is 5.10 Å². The highest BCUT2D eigenvalue weighted by molar-refractivity contribution is 9.10. The van der Waals surface area contributed by atoms with E-state index in [9.17, 15) is 12.8 Å². The van der Waals surface area contributed by atoms with Crippen molar-refractivity contribution in [1.82, 2.24) is 19.9 Å². The van der Waals surface area contributed by atoms with E-state index in [1.54, 1.807) is 0 Å². The number of aromatic amines is 1. The lowest BCUT2D eigenvalue weighted by Crippen LogP contribution is -2.27. The van der Waals surface area contributed by atoms with E-state index in [0.29, 0.717) is 16.7 Å². The zero-order chi connectivity index (χ0) is 14.8. The van der Waals surface area contributed by atoms with Gasteiger partial charge in [-0.15, -0.1) is 0 Å². The molecule has 4 N–H and O–H groups in total. The van der Waals surface area contributed by atoms with Gasteiger partial charge >= 0.3 is 0 Å². The van der Waals surface area contributed by atoms with Crippen molar-refractivity contribution >= 4 is 31.6 Å². The molecule has 0 aliphatic heterocycles. The molecule has 108 valence electrons. The number of nitrogens with zero attached hydrogens (tertiary/aromatic N) is 2. The minimum Gasteiger partial charge on any atom is -0.398 e. The smallest absolute Gasteiger partial charge is 0.243 e. The Morgan fingerprint density at radius 3 is 2.85 bits per heavy atom. The summed E-state index contributed by atoms with van der Waals surface area (Å²) in [5.41, 5.74) is 5.70. The van der Waals surface area contributed by atoms with Crippen LogP contribution in [0.3, 0.4) is 0 Å². The van der Waals surface area contributed by atoms with Gasteiger partial charge in [0.2, 0.25) is 10.0 Å². The second-order valence-corrected chi connectivity index (χ2v) is 6.47. The summed E-state index contributed by atoms with van der Waals surface area (Å²) < 4.78 is 40.2. The van der Waals surface area contributed by atoms with Crippen molar-refractivity contribution < 1.29 is 12.8 Å². The van der Waals surface area contributed by atoms with Crippen LogP contribution in [0, 0.1) is 5.82 Å². The number of aromatic nitrogens is 3. The fourth-order valence-corrected chi connectivity index (χ4v) is 2.92. The fourth-order valence-electron chi connectivity index (χ4n) is 1.48. The molecule has 7 nitrogen and oxygen atoms in total. The number of H-pyrrole nitrogens is 1. The summed E-state index contributed by atoms with van der Waals surface area (Å²) in [5, 5.41) is 6.23. The average Bonchev–Trinajstić information content (AvgIpc) is 2.86. The van der Waals surface area contributed by atoms with E-state index in [1.807, 2.05) is 0 Å². The minimum atomic E-state index is -3.97. The van der Waals surface area contributed by atoms with Gasteiger partial charge in [-0.3, -0.25) is 5.10 Å². The van der Waals surface area contributed by atoms with E-state index in [2.05, 4.69) is 35.8 Å². The van der Waals surface area contributed by atoms with Crippen LogP contribution in [-0.2, 0) is 16.4 Å². The van der Waals surface area contributed by atoms with Crippen molar-refractivity contribution in [3.63, 3.8) is 0 Å². The van der Waals surface area contributed by atoms with E-state index in [-0.39, 0.29) is 12.2 Å². The van der Waals surface area contributed by atoms with Gasteiger partial charge in [0.25, 0.3) is 0 Å². The Hall–Kier alpha value is -1.52. The summed E-state index contributed by atoms with van der Waals surface area (Å²) in [6, 6.07) is 2.08. The number of rotatable bonds is 5. The molecule has 1 heterocycles. The molecule has 0 fully saturated rings. The lowest BCUT2D eigenvalue weighted by Gasteiger charge is -2.08. The molecule has 0 aliphatic carbocycles. The summed E-state index contributed by atoms with van der Waals surface area (Å²) >= 11 is 3.03. The second kappa shape index (κ2) is 5.85. The minimum absolute atomic E-state index is 0.0624. The Morgan fingerprint density at radius 2 is 2.20 bits per heavy atom. The molecule has 20 heavy (non-hydrogen) atoms. The number of halogens is 2. The van der Waals surface area contributed by atoms with Gasteiger partial charge in [0.15, 0.2) is 0 Å². The van der Waals surface area contributed by atoms with E-state index < -0.39 is 20.7 Å². The number of anilines is 1. The Bertz CT molecular complexity index is 705. The third-order valence-corrected chi connectivity index (χ3v) is 4.62. The highest BCUT2D eigenvalue weighted by Crippen LogP contribution is 2.25. The molecule has 0 amide bonds. The molecule has 0 aliphatic rings. The van der Waals surface area contributed by atoms with Crippen LogP contribution >= 0.6 is 15.9 Å². The van der Waals surface area contributed by atoms with E-state index in [4.69, 9.17) is 5.73 Å². The number of nitrogens with two attached hydrogens (primary N) is 1. The topological polar surface area (TPSA) is 114 Å². The second-order valence-electron chi connectivity index (χ2n) is 3.88. The predicted octanol–water partition coefficient (Wildman–Crippen LogP) is 0.809. The number of hydrogen-bond acceptors (Lipinski definition) is 5. The maximum atomic E-state index is 13.7. The molecule has 1 aromatic carbocycles. The van der Waals surface area contributed by atoms with Gasteiger partial charge in [-0.25, -0.2) is 22.5 Å². The SMILES string of the molecule is Nc1cc(S(=O)(=O)NCCc2ncn[nH]2)c(F)cc1Br.